The van der Waals surface area contributed by atoms with Crippen LogP contribution in [0.3, 0.4) is 0 Å². The zero-order chi connectivity index (χ0) is 13.9. The number of hydrogen-bond acceptors (Lipinski definition) is 6. The SMILES string of the molecule is Nc1nc(OCc2ccccc2)c2ncn(CO)c2n1. The Hall–Kier alpha value is -2.67. The fourth-order valence-corrected chi connectivity index (χ4v) is 1.86. The first-order valence-electron chi connectivity index (χ1n) is 6.04. The number of nitrogens with two attached hydrogens (primary N) is 1. The number of nitrogen functional groups attached to an aromatic ring is 1. The van der Waals surface area contributed by atoms with Crippen molar-refractivity contribution in [3.05, 3.63) is 42.2 Å². The monoisotopic (exact) mass is 271 g/mol. The smallest absolute Gasteiger partial charge is 0.247 e. The number of fused-ring (bicyclic) bond motifs is 1. The number of aliphatic hydroxyl groups is 1. The number of anilines is 1. The van der Waals surface area contributed by atoms with Crippen molar-refractivity contribution in [1.82, 2.24) is 19.5 Å². The third-order valence-electron chi connectivity index (χ3n) is 2.82. The number of benzene rings is 1. The maximum Gasteiger partial charge on any atom is 0.247 e. The van der Waals surface area contributed by atoms with Crippen molar-refractivity contribution in [1.29, 1.82) is 0 Å². The summed E-state index contributed by atoms with van der Waals surface area (Å²) in [5, 5.41) is 9.20. The molecule has 102 valence electrons. The van der Waals surface area contributed by atoms with Crippen LogP contribution in [-0.4, -0.2) is 24.6 Å². The van der Waals surface area contributed by atoms with Crippen molar-refractivity contribution in [2.45, 2.75) is 13.3 Å². The lowest BCUT2D eigenvalue weighted by atomic mass is 10.2. The molecule has 0 aliphatic heterocycles. The van der Waals surface area contributed by atoms with Crippen molar-refractivity contribution in [3.8, 4) is 5.88 Å². The van der Waals surface area contributed by atoms with E-state index in [1.54, 1.807) is 0 Å². The van der Waals surface area contributed by atoms with Crippen LogP contribution in [0.1, 0.15) is 5.56 Å². The van der Waals surface area contributed by atoms with Crippen LogP contribution in [0.4, 0.5) is 5.95 Å². The zero-order valence-electron chi connectivity index (χ0n) is 10.6. The molecule has 0 bridgehead atoms. The molecular weight excluding hydrogens is 258 g/mol. The Morgan fingerprint density at radius 2 is 2.00 bits per heavy atom. The van der Waals surface area contributed by atoms with Crippen LogP contribution in [0.25, 0.3) is 11.2 Å². The average molecular weight is 271 g/mol. The predicted octanol–water partition coefficient (Wildman–Crippen LogP) is 0.937. The van der Waals surface area contributed by atoms with Gasteiger partial charge in [0.05, 0.1) is 6.33 Å². The molecule has 3 aromatic rings. The van der Waals surface area contributed by atoms with Gasteiger partial charge in [-0.3, -0.25) is 4.57 Å². The maximum atomic E-state index is 9.20. The van der Waals surface area contributed by atoms with E-state index < -0.39 is 0 Å². The molecule has 0 amide bonds. The molecule has 7 heteroatoms. The van der Waals surface area contributed by atoms with Crippen molar-refractivity contribution in [2.24, 2.45) is 0 Å². The number of nitrogens with zero attached hydrogens (tertiary/aromatic N) is 4. The van der Waals surface area contributed by atoms with Gasteiger partial charge in [-0.15, -0.1) is 0 Å². The quantitative estimate of drug-likeness (QED) is 0.732. The van der Waals surface area contributed by atoms with Gasteiger partial charge in [0.2, 0.25) is 11.8 Å². The number of ether oxygens (including phenoxy) is 1. The summed E-state index contributed by atoms with van der Waals surface area (Å²) in [4.78, 5) is 12.2. The molecule has 0 aliphatic carbocycles. The van der Waals surface area contributed by atoms with Gasteiger partial charge in [0.25, 0.3) is 0 Å². The topological polar surface area (TPSA) is 99.1 Å². The Balaban J connectivity index is 1.93. The molecule has 0 saturated carbocycles. The van der Waals surface area contributed by atoms with E-state index in [0.29, 0.717) is 23.7 Å². The molecule has 7 nitrogen and oxygen atoms in total. The Morgan fingerprint density at radius 1 is 1.20 bits per heavy atom. The molecule has 0 radical (unpaired) electrons. The average Bonchev–Trinajstić information content (AvgIpc) is 2.88. The van der Waals surface area contributed by atoms with Gasteiger partial charge < -0.3 is 15.6 Å². The van der Waals surface area contributed by atoms with Crippen LogP contribution in [0, 0.1) is 0 Å². The lowest BCUT2D eigenvalue weighted by Gasteiger charge is -2.06. The lowest BCUT2D eigenvalue weighted by molar-refractivity contribution is 0.214. The van der Waals surface area contributed by atoms with Crippen LogP contribution >= 0.6 is 0 Å². The van der Waals surface area contributed by atoms with Gasteiger partial charge in [-0.1, -0.05) is 30.3 Å². The highest BCUT2D eigenvalue weighted by Gasteiger charge is 2.13. The van der Waals surface area contributed by atoms with Crippen molar-refractivity contribution in [2.75, 3.05) is 5.73 Å². The van der Waals surface area contributed by atoms with Gasteiger partial charge in [-0.2, -0.15) is 9.97 Å². The third kappa shape index (κ3) is 2.26. The molecule has 0 saturated heterocycles. The number of aliphatic hydroxyl groups excluding tert-OH is 1. The molecule has 3 rings (SSSR count). The number of imidazole rings is 1. The number of aromatic nitrogens is 4. The van der Waals surface area contributed by atoms with E-state index in [1.165, 1.54) is 10.9 Å². The second-order valence-corrected chi connectivity index (χ2v) is 4.19. The maximum absolute atomic E-state index is 9.20. The van der Waals surface area contributed by atoms with Crippen LogP contribution in [-0.2, 0) is 13.3 Å². The summed E-state index contributed by atoms with van der Waals surface area (Å²) >= 11 is 0. The summed E-state index contributed by atoms with van der Waals surface area (Å²) in [5.41, 5.74) is 7.59. The van der Waals surface area contributed by atoms with Gasteiger partial charge in [0.1, 0.15) is 13.3 Å². The minimum Gasteiger partial charge on any atom is -0.471 e. The van der Waals surface area contributed by atoms with E-state index in [9.17, 15) is 5.11 Å². The highest BCUT2D eigenvalue weighted by molar-refractivity contribution is 5.77. The Bertz CT molecular complexity index is 726. The summed E-state index contributed by atoms with van der Waals surface area (Å²) in [6.07, 6.45) is 1.47. The molecule has 3 N–H and O–H groups in total. The van der Waals surface area contributed by atoms with E-state index in [0.717, 1.165) is 5.56 Å². The molecule has 2 aromatic heterocycles. The standard InChI is InChI=1S/C13H13N5O2/c14-13-16-11-10(15-7-18(11)8-19)12(17-13)20-6-9-4-2-1-3-5-9/h1-5,7,19H,6,8H2,(H2,14,16,17). The van der Waals surface area contributed by atoms with Gasteiger partial charge in [-0.25, -0.2) is 4.98 Å². The van der Waals surface area contributed by atoms with Crippen LogP contribution in [0.5, 0.6) is 5.88 Å². The molecule has 0 aliphatic rings. The van der Waals surface area contributed by atoms with Crippen molar-refractivity contribution < 1.29 is 9.84 Å². The number of hydrogen-bond donors (Lipinski definition) is 2. The Labute approximate surface area is 114 Å². The van der Waals surface area contributed by atoms with Crippen molar-refractivity contribution in [3.63, 3.8) is 0 Å². The molecule has 0 atom stereocenters. The van der Waals surface area contributed by atoms with Crippen LogP contribution < -0.4 is 10.5 Å². The zero-order valence-corrected chi connectivity index (χ0v) is 10.6. The van der Waals surface area contributed by atoms with Crippen LogP contribution in [0.15, 0.2) is 36.7 Å². The van der Waals surface area contributed by atoms with E-state index in [-0.39, 0.29) is 12.7 Å². The Morgan fingerprint density at radius 3 is 2.75 bits per heavy atom. The fraction of sp³-hybridized carbons (Fsp3) is 0.154. The molecule has 0 unspecified atom stereocenters. The highest BCUT2D eigenvalue weighted by atomic mass is 16.5. The van der Waals surface area contributed by atoms with Crippen molar-refractivity contribution >= 4 is 17.1 Å². The van der Waals surface area contributed by atoms with Gasteiger partial charge >= 0.3 is 0 Å². The molecule has 1 aromatic carbocycles. The normalized spacial score (nSPS) is 10.8. The first kappa shape index (κ1) is 12.4. The third-order valence-corrected chi connectivity index (χ3v) is 2.82. The predicted molar refractivity (Wildman–Crippen MR) is 72.7 cm³/mol. The summed E-state index contributed by atoms with van der Waals surface area (Å²) < 4.78 is 7.12. The van der Waals surface area contributed by atoms with E-state index in [4.69, 9.17) is 10.5 Å². The summed E-state index contributed by atoms with van der Waals surface area (Å²) in [6.45, 7) is 0.128. The highest BCUT2D eigenvalue weighted by Crippen LogP contribution is 2.22. The Kier molecular flexibility index (Phi) is 3.18. The summed E-state index contributed by atoms with van der Waals surface area (Å²) in [6, 6.07) is 9.71. The summed E-state index contributed by atoms with van der Waals surface area (Å²) in [7, 11) is 0. The molecule has 0 spiro atoms. The lowest BCUT2D eigenvalue weighted by Crippen LogP contribution is -2.04. The van der Waals surface area contributed by atoms with Gasteiger partial charge in [0, 0.05) is 0 Å². The fourth-order valence-electron chi connectivity index (χ4n) is 1.86. The van der Waals surface area contributed by atoms with Gasteiger partial charge in [-0.05, 0) is 5.56 Å². The second kappa shape index (κ2) is 5.14. The van der Waals surface area contributed by atoms with Gasteiger partial charge in [0.15, 0.2) is 11.2 Å². The minimum atomic E-state index is -0.231. The van der Waals surface area contributed by atoms with E-state index >= 15 is 0 Å². The molecule has 2 heterocycles. The molecule has 0 fully saturated rings. The second-order valence-electron chi connectivity index (χ2n) is 4.19. The number of rotatable bonds is 4. The summed E-state index contributed by atoms with van der Waals surface area (Å²) in [5.74, 6) is 0.388. The first-order valence-corrected chi connectivity index (χ1v) is 6.04. The van der Waals surface area contributed by atoms with Crippen LogP contribution in [0.2, 0.25) is 0 Å². The molecular formula is C13H13N5O2. The minimum absolute atomic E-state index is 0.0794. The first-order chi connectivity index (χ1) is 9.78. The molecule has 20 heavy (non-hydrogen) atoms. The van der Waals surface area contributed by atoms with E-state index in [2.05, 4.69) is 15.0 Å². The largest absolute Gasteiger partial charge is 0.471 e. The van der Waals surface area contributed by atoms with E-state index in [1.807, 2.05) is 30.3 Å².